The summed E-state index contributed by atoms with van der Waals surface area (Å²) >= 11 is 1.60. The molecule has 0 atom stereocenters. The largest absolute Gasteiger partial charge is 0.444 e. The van der Waals surface area contributed by atoms with Crippen molar-refractivity contribution in [3.8, 4) is 0 Å². The molecule has 0 spiro atoms. The van der Waals surface area contributed by atoms with E-state index in [1.165, 1.54) is 12.8 Å². The molecule has 1 fully saturated rings. The van der Waals surface area contributed by atoms with Crippen molar-refractivity contribution in [3.05, 3.63) is 16.6 Å². The normalized spacial score (nSPS) is 17.7. The molecule has 118 valence electrons. The molecule has 1 amide bonds. The number of nitrogens with one attached hydrogen (secondary N) is 2. The van der Waals surface area contributed by atoms with Crippen molar-refractivity contribution in [2.45, 2.75) is 64.1 Å². The van der Waals surface area contributed by atoms with E-state index in [0.29, 0.717) is 6.54 Å². The quantitative estimate of drug-likeness (QED) is 0.877. The molecule has 1 aliphatic carbocycles. The zero-order chi connectivity index (χ0) is 15.3. The van der Waals surface area contributed by atoms with Gasteiger partial charge < -0.3 is 15.4 Å². The predicted molar refractivity (Wildman–Crippen MR) is 84.4 cm³/mol. The van der Waals surface area contributed by atoms with Crippen LogP contribution in [-0.2, 0) is 11.3 Å². The molecule has 1 aliphatic rings. The lowest BCUT2D eigenvalue weighted by Gasteiger charge is -2.31. The number of amides is 1. The van der Waals surface area contributed by atoms with E-state index >= 15 is 0 Å². The molecule has 0 saturated heterocycles. The first-order chi connectivity index (χ1) is 9.89. The van der Waals surface area contributed by atoms with Gasteiger partial charge >= 0.3 is 6.09 Å². The number of carbonyl (C=O) groups is 1. The maximum Gasteiger partial charge on any atom is 0.407 e. The summed E-state index contributed by atoms with van der Waals surface area (Å²) in [6.45, 7) is 6.97. The van der Waals surface area contributed by atoms with Crippen LogP contribution in [0.25, 0.3) is 0 Å². The fraction of sp³-hybridized carbons (Fsp3) is 0.733. The number of alkyl carbamates (subject to hydrolysis) is 1. The van der Waals surface area contributed by atoms with Crippen LogP contribution in [0.5, 0.6) is 0 Å². The fourth-order valence-electron chi connectivity index (χ4n) is 2.63. The predicted octanol–water partition coefficient (Wildman–Crippen LogP) is 3.07. The molecule has 21 heavy (non-hydrogen) atoms. The Morgan fingerprint density at radius 2 is 2.14 bits per heavy atom. The van der Waals surface area contributed by atoms with E-state index in [2.05, 4.69) is 21.0 Å². The summed E-state index contributed by atoms with van der Waals surface area (Å²) in [6, 6.07) is 0. The highest BCUT2D eigenvalue weighted by molar-refractivity contribution is 7.07. The highest BCUT2D eigenvalue weighted by atomic mass is 32.1. The van der Waals surface area contributed by atoms with Crippen LogP contribution in [0.15, 0.2) is 10.9 Å². The van der Waals surface area contributed by atoms with Crippen LogP contribution in [-0.4, -0.2) is 28.8 Å². The highest BCUT2D eigenvalue weighted by Crippen LogP contribution is 2.29. The fourth-order valence-corrected chi connectivity index (χ4v) is 3.18. The first kappa shape index (κ1) is 16.2. The topological polar surface area (TPSA) is 63.2 Å². The van der Waals surface area contributed by atoms with Crippen LogP contribution in [0.4, 0.5) is 4.79 Å². The Hall–Kier alpha value is -1.14. The minimum atomic E-state index is -0.457. The molecule has 1 saturated carbocycles. The van der Waals surface area contributed by atoms with Crippen LogP contribution in [0.1, 0.15) is 52.1 Å². The van der Waals surface area contributed by atoms with Crippen LogP contribution in [0.3, 0.4) is 0 Å². The molecule has 0 aromatic carbocycles. The lowest BCUT2D eigenvalue weighted by atomic mass is 9.97. The molecule has 0 aliphatic heterocycles. The van der Waals surface area contributed by atoms with Gasteiger partial charge in [-0.1, -0.05) is 12.8 Å². The maximum absolute atomic E-state index is 11.8. The van der Waals surface area contributed by atoms with Gasteiger partial charge in [0.2, 0.25) is 0 Å². The van der Waals surface area contributed by atoms with E-state index in [1.54, 1.807) is 11.3 Å². The Labute approximate surface area is 130 Å². The zero-order valence-electron chi connectivity index (χ0n) is 13.1. The summed E-state index contributed by atoms with van der Waals surface area (Å²) in [4.78, 5) is 16.1. The Morgan fingerprint density at radius 1 is 1.43 bits per heavy atom. The first-order valence-electron chi connectivity index (χ1n) is 7.48. The van der Waals surface area contributed by atoms with E-state index < -0.39 is 5.60 Å². The van der Waals surface area contributed by atoms with Gasteiger partial charge in [0.25, 0.3) is 0 Å². The molecular formula is C15H25N3O2S. The number of carbonyl (C=O) groups excluding carboxylic acids is 1. The average molecular weight is 311 g/mol. The molecule has 0 unspecified atom stereocenters. The molecule has 2 rings (SSSR count). The molecule has 1 heterocycles. The number of hydrogen-bond acceptors (Lipinski definition) is 5. The zero-order valence-corrected chi connectivity index (χ0v) is 13.9. The molecule has 2 N–H and O–H groups in total. The van der Waals surface area contributed by atoms with Crippen LogP contribution in [0.2, 0.25) is 0 Å². The number of rotatable bonds is 5. The number of aromatic nitrogens is 1. The van der Waals surface area contributed by atoms with Crippen molar-refractivity contribution in [1.29, 1.82) is 0 Å². The van der Waals surface area contributed by atoms with Crippen LogP contribution < -0.4 is 10.6 Å². The summed E-state index contributed by atoms with van der Waals surface area (Å²) in [6.07, 6.45) is 4.20. The number of nitrogens with zero attached hydrogens (tertiary/aromatic N) is 1. The van der Waals surface area contributed by atoms with Gasteiger partial charge in [-0.3, -0.25) is 0 Å². The van der Waals surface area contributed by atoms with Crippen molar-refractivity contribution >= 4 is 17.4 Å². The highest BCUT2D eigenvalue weighted by Gasteiger charge is 2.34. The molecule has 6 heteroatoms. The van der Waals surface area contributed by atoms with Gasteiger partial charge in [-0.2, -0.15) is 0 Å². The second-order valence-corrected chi connectivity index (χ2v) is 7.39. The van der Waals surface area contributed by atoms with Gasteiger partial charge in [0.05, 0.1) is 11.2 Å². The van der Waals surface area contributed by atoms with E-state index in [-0.39, 0.29) is 11.6 Å². The number of hydrogen-bond donors (Lipinski definition) is 2. The molecule has 0 radical (unpaired) electrons. The summed E-state index contributed by atoms with van der Waals surface area (Å²) in [7, 11) is 0. The SMILES string of the molecule is CC(C)(C)OC(=O)NCC1(NCc2cscn2)CCCC1. The van der Waals surface area contributed by atoms with E-state index in [0.717, 1.165) is 25.1 Å². The Morgan fingerprint density at radius 3 is 2.71 bits per heavy atom. The van der Waals surface area contributed by atoms with Crippen molar-refractivity contribution in [1.82, 2.24) is 15.6 Å². The standard InChI is InChI=1S/C15H25N3O2S/c1-14(2,3)20-13(19)16-10-15(6-4-5-7-15)18-8-12-9-21-11-17-12/h9,11,18H,4-8,10H2,1-3H3,(H,16,19). The van der Waals surface area contributed by atoms with Gasteiger partial charge in [0.15, 0.2) is 0 Å². The minimum Gasteiger partial charge on any atom is -0.444 e. The summed E-state index contributed by atoms with van der Waals surface area (Å²) in [5.74, 6) is 0. The van der Waals surface area contributed by atoms with Gasteiger partial charge in [-0.15, -0.1) is 11.3 Å². The third kappa shape index (κ3) is 5.28. The van der Waals surface area contributed by atoms with Crippen LogP contribution >= 0.6 is 11.3 Å². The van der Waals surface area contributed by atoms with Crippen molar-refractivity contribution in [3.63, 3.8) is 0 Å². The summed E-state index contributed by atoms with van der Waals surface area (Å²) in [5.41, 5.74) is 2.42. The third-order valence-electron chi connectivity index (χ3n) is 3.66. The van der Waals surface area contributed by atoms with Crippen molar-refractivity contribution < 1.29 is 9.53 Å². The van der Waals surface area contributed by atoms with E-state index in [1.807, 2.05) is 26.3 Å². The number of thiazole rings is 1. The number of ether oxygens (including phenoxy) is 1. The molecular weight excluding hydrogens is 286 g/mol. The minimum absolute atomic E-state index is 0.0273. The maximum atomic E-state index is 11.8. The Balaban J connectivity index is 1.85. The third-order valence-corrected chi connectivity index (χ3v) is 4.29. The monoisotopic (exact) mass is 311 g/mol. The second kappa shape index (κ2) is 6.75. The van der Waals surface area contributed by atoms with Gasteiger partial charge in [-0.25, -0.2) is 9.78 Å². The van der Waals surface area contributed by atoms with Gasteiger partial charge in [0, 0.05) is 24.0 Å². The smallest absolute Gasteiger partial charge is 0.407 e. The Kier molecular flexibility index (Phi) is 5.22. The first-order valence-corrected chi connectivity index (χ1v) is 8.42. The second-order valence-electron chi connectivity index (χ2n) is 6.68. The van der Waals surface area contributed by atoms with E-state index in [9.17, 15) is 4.79 Å². The average Bonchev–Trinajstić information content (AvgIpc) is 3.05. The molecule has 1 aromatic heterocycles. The van der Waals surface area contributed by atoms with Gasteiger partial charge in [0.1, 0.15) is 5.60 Å². The molecule has 0 bridgehead atoms. The van der Waals surface area contributed by atoms with Crippen molar-refractivity contribution in [2.24, 2.45) is 0 Å². The summed E-state index contributed by atoms with van der Waals surface area (Å²) < 4.78 is 5.30. The van der Waals surface area contributed by atoms with Crippen LogP contribution in [0, 0.1) is 0 Å². The van der Waals surface area contributed by atoms with Gasteiger partial charge in [-0.05, 0) is 33.6 Å². The Bertz CT molecular complexity index is 448. The van der Waals surface area contributed by atoms with E-state index in [4.69, 9.17) is 4.74 Å². The lowest BCUT2D eigenvalue weighted by molar-refractivity contribution is 0.0509. The molecule has 5 nitrogen and oxygen atoms in total. The van der Waals surface area contributed by atoms with Crippen molar-refractivity contribution in [2.75, 3.05) is 6.54 Å². The molecule has 1 aromatic rings. The lowest BCUT2D eigenvalue weighted by Crippen LogP contribution is -2.52. The summed E-state index contributed by atoms with van der Waals surface area (Å²) in [5, 5.41) is 8.55.